The highest BCUT2D eigenvalue weighted by atomic mass is 16.6. The number of H-pyrrole nitrogens is 1. The summed E-state index contributed by atoms with van der Waals surface area (Å²) in [6.45, 7) is 7.10. The van der Waals surface area contributed by atoms with Crippen LogP contribution in [0.15, 0.2) is 0 Å². The number of hydrogen-bond donors (Lipinski definition) is 2. The lowest BCUT2D eigenvalue weighted by molar-refractivity contribution is 0.0635. The average Bonchev–Trinajstić information content (AvgIpc) is 2.93. The Morgan fingerprint density at radius 1 is 1.45 bits per heavy atom. The molecule has 2 rings (SSSR count). The maximum absolute atomic E-state index is 11.7. The van der Waals surface area contributed by atoms with Gasteiger partial charge in [0.1, 0.15) is 17.2 Å². The van der Waals surface area contributed by atoms with E-state index in [9.17, 15) is 10.1 Å². The molecule has 1 saturated heterocycles. The molecule has 7 nitrogen and oxygen atoms in total. The maximum atomic E-state index is 11.7. The van der Waals surface area contributed by atoms with Gasteiger partial charge in [0.25, 0.3) is 0 Å². The maximum Gasteiger partial charge on any atom is 0.413 e. The van der Waals surface area contributed by atoms with E-state index >= 15 is 0 Å². The van der Waals surface area contributed by atoms with Crippen LogP contribution in [0.5, 0.6) is 0 Å². The molecule has 108 valence electrons. The molecule has 2 heterocycles. The number of carbonyl (C=O) groups is 1. The largest absolute Gasteiger partial charge is 0.444 e. The Labute approximate surface area is 117 Å². The standard InChI is InChI=1S/C13H19N5O2/c1-13(2,3)20-12(19)15-10-9(8-14)11(17-16-10)18-6-4-5-7-18/h4-7H2,1-3H3,(H2,15,16,17,19). The zero-order valence-corrected chi connectivity index (χ0v) is 12.0. The number of hydrogen-bond acceptors (Lipinski definition) is 5. The Morgan fingerprint density at radius 2 is 2.10 bits per heavy atom. The van der Waals surface area contributed by atoms with Crippen LogP contribution in [-0.2, 0) is 4.74 Å². The molecule has 0 aromatic carbocycles. The molecule has 1 aliphatic rings. The normalized spacial score (nSPS) is 15.0. The van der Waals surface area contributed by atoms with Gasteiger partial charge in [0, 0.05) is 13.1 Å². The molecule has 7 heteroatoms. The van der Waals surface area contributed by atoms with Gasteiger partial charge in [-0.1, -0.05) is 0 Å². The number of aromatic amines is 1. The predicted molar refractivity (Wildman–Crippen MR) is 74.6 cm³/mol. The minimum Gasteiger partial charge on any atom is -0.444 e. The number of nitrogens with one attached hydrogen (secondary N) is 2. The first-order chi connectivity index (χ1) is 9.40. The van der Waals surface area contributed by atoms with Gasteiger partial charge in [0.15, 0.2) is 11.6 Å². The topological polar surface area (TPSA) is 94.0 Å². The second-order valence-corrected chi connectivity index (χ2v) is 5.73. The van der Waals surface area contributed by atoms with Crippen LogP contribution >= 0.6 is 0 Å². The average molecular weight is 277 g/mol. The summed E-state index contributed by atoms with van der Waals surface area (Å²) in [4.78, 5) is 13.8. The predicted octanol–water partition coefficient (Wildman–Crippen LogP) is 2.23. The van der Waals surface area contributed by atoms with E-state index < -0.39 is 11.7 Å². The van der Waals surface area contributed by atoms with Crippen LogP contribution in [0.3, 0.4) is 0 Å². The molecule has 0 radical (unpaired) electrons. The Balaban J connectivity index is 2.13. The number of nitriles is 1. The van der Waals surface area contributed by atoms with E-state index in [1.54, 1.807) is 20.8 Å². The van der Waals surface area contributed by atoms with Gasteiger partial charge < -0.3 is 9.64 Å². The third kappa shape index (κ3) is 3.20. The molecule has 1 amide bonds. The minimum atomic E-state index is -0.606. The first-order valence-electron chi connectivity index (χ1n) is 6.64. The van der Waals surface area contributed by atoms with Crippen molar-refractivity contribution in [2.24, 2.45) is 0 Å². The fourth-order valence-corrected chi connectivity index (χ4v) is 2.09. The van der Waals surface area contributed by atoms with E-state index in [0.717, 1.165) is 25.9 Å². The fraction of sp³-hybridized carbons (Fsp3) is 0.615. The van der Waals surface area contributed by atoms with Gasteiger partial charge in [-0.25, -0.2) is 4.79 Å². The highest BCUT2D eigenvalue weighted by Crippen LogP contribution is 2.27. The van der Waals surface area contributed by atoms with E-state index in [-0.39, 0.29) is 5.82 Å². The lowest BCUT2D eigenvalue weighted by atomic mass is 10.2. The molecule has 0 bridgehead atoms. The summed E-state index contributed by atoms with van der Waals surface area (Å²) in [5, 5.41) is 18.6. The molecular weight excluding hydrogens is 258 g/mol. The SMILES string of the molecule is CC(C)(C)OC(=O)Nc1[nH]nc(N2CCCC2)c1C#N. The molecule has 2 N–H and O–H groups in total. The van der Waals surface area contributed by atoms with Crippen molar-refractivity contribution in [1.82, 2.24) is 10.2 Å². The molecule has 1 fully saturated rings. The van der Waals surface area contributed by atoms with Crippen LogP contribution in [0, 0.1) is 11.3 Å². The lowest BCUT2D eigenvalue weighted by Crippen LogP contribution is -2.27. The number of ether oxygens (including phenoxy) is 1. The molecule has 20 heavy (non-hydrogen) atoms. The molecular formula is C13H19N5O2. The Bertz CT molecular complexity index is 532. The summed E-state index contributed by atoms with van der Waals surface area (Å²) >= 11 is 0. The molecule has 1 aromatic rings. The Kier molecular flexibility index (Phi) is 3.84. The zero-order valence-electron chi connectivity index (χ0n) is 12.0. The van der Waals surface area contributed by atoms with Crippen LogP contribution in [0.4, 0.5) is 16.4 Å². The van der Waals surface area contributed by atoms with Gasteiger partial charge in [0.05, 0.1) is 0 Å². The molecule has 1 aliphatic heterocycles. The summed E-state index contributed by atoms with van der Waals surface area (Å²) < 4.78 is 5.16. The van der Waals surface area contributed by atoms with Crippen molar-refractivity contribution in [3.05, 3.63) is 5.56 Å². The van der Waals surface area contributed by atoms with E-state index in [1.165, 1.54) is 0 Å². The van der Waals surface area contributed by atoms with Crippen molar-refractivity contribution in [3.63, 3.8) is 0 Å². The number of carbonyl (C=O) groups excluding carboxylic acids is 1. The van der Waals surface area contributed by atoms with Crippen LogP contribution in [-0.4, -0.2) is 35.0 Å². The van der Waals surface area contributed by atoms with Crippen LogP contribution in [0.1, 0.15) is 39.2 Å². The minimum absolute atomic E-state index is 0.281. The summed E-state index contributed by atoms with van der Waals surface area (Å²) in [7, 11) is 0. The second-order valence-electron chi connectivity index (χ2n) is 5.73. The van der Waals surface area contributed by atoms with Gasteiger partial charge in [-0.05, 0) is 33.6 Å². The van der Waals surface area contributed by atoms with E-state index in [0.29, 0.717) is 11.4 Å². The van der Waals surface area contributed by atoms with Crippen LogP contribution in [0.25, 0.3) is 0 Å². The Morgan fingerprint density at radius 3 is 2.65 bits per heavy atom. The van der Waals surface area contributed by atoms with E-state index in [4.69, 9.17) is 4.74 Å². The molecule has 0 spiro atoms. The zero-order chi connectivity index (χ0) is 14.8. The number of amides is 1. The van der Waals surface area contributed by atoms with Crippen molar-refractivity contribution in [2.45, 2.75) is 39.2 Å². The first-order valence-corrected chi connectivity index (χ1v) is 6.64. The molecule has 0 saturated carbocycles. The lowest BCUT2D eigenvalue weighted by Gasteiger charge is -2.19. The van der Waals surface area contributed by atoms with Crippen molar-refractivity contribution in [2.75, 3.05) is 23.3 Å². The van der Waals surface area contributed by atoms with Crippen molar-refractivity contribution >= 4 is 17.7 Å². The van der Waals surface area contributed by atoms with Gasteiger partial charge in [-0.3, -0.25) is 10.4 Å². The van der Waals surface area contributed by atoms with Crippen molar-refractivity contribution < 1.29 is 9.53 Å². The summed E-state index contributed by atoms with van der Waals surface area (Å²) in [6, 6.07) is 2.08. The number of nitrogens with zero attached hydrogens (tertiary/aromatic N) is 3. The highest BCUT2D eigenvalue weighted by molar-refractivity contribution is 5.87. The second kappa shape index (κ2) is 5.41. The number of aromatic nitrogens is 2. The summed E-state index contributed by atoms with van der Waals surface area (Å²) in [5.74, 6) is 0.875. The van der Waals surface area contributed by atoms with E-state index in [2.05, 4.69) is 21.6 Å². The third-order valence-corrected chi connectivity index (χ3v) is 2.89. The van der Waals surface area contributed by atoms with Crippen LogP contribution < -0.4 is 10.2 Å². The Hall–Kier alpha value is -2.23. The number of anilines is 2. The van der Waals surface area contributed by atoms with Crippen molar-refractivity contribution in [3.8, 4) is 6.07 Å². The van der Waals surface area contributed by atoms with Gasteiger partial charge >= 0.3 is 6.09 Å². The monoisotopic (exact) mass is 277 g/mol. The van der Waals surface area contributed by atoms with Crippen LogP contribution in [0.2, 0.25) is 0 Å². The molecule has 0 aliphatic carbocycles. The van der Waals surface area contributed by atoms with E-state index in [1.807, 2.05) is 4.90 Å². The third-order valence-electron chi connectivity index (χ3n) is 2.89. The van der Waals surface area contributed by atoms with Gasteiger partial charge in [-0.2, -0.15) is 10.4 Å². The van der Waals surface area contributed by atoms with Gasteiger partial charge in [0.2, 0.25) is 0 Å². The molecule has 0 atom stereocenters. The summed E-state index contributed by atoms with van der Waals surface area (Å²) in [5.41, 5.74) is -0.243. The number of rotatable bonds is 2. The van der Waals surface area contributed by atoms with Gasteiger partial charge in [-0.15, -0.1) is 0 Å². The van der Waals surface area contributed by atoms with Crippen molar-refractivity contribution in [1.29, 1.82) is 5.26 Å². The first kappa shape index (κ1) is 14.2. The molecule has 1 aromatic heterocycles. The smallest absolute Gasteiger partial charge is 0.413 e. The summed E-state index contributed by atoms with van der Waals surface area (Å²) in [6.07, 6.45) is 1.57. The molecule has 0 unspecified atom stereocenters. The quantitative estimate of drug-likeness (QED) is 0.864. The fourth-order valence-electron chi connectivity index (χ4n) is 2.09. The highest BCUT2D eigenvalue weighted by Gasteiger charge is 2.24.